The number of alkyl halides is 1. The second-order valence-electron chi connectivity index (χ2n) is 5.23. The van der Waals surface area contributed by atoms with E-state index in [0.29, 0.717) is 16.3 Å². The van der Waals surface area contributed by atoms with Crippen molar-refractivity contribution in [2.24, 2.45) is 5.14 Å². The lowest BCUT2D eigenvalue weighted by molar-refractivity contribution is -0.119. The summed E-state index contributed by atoms with van der Waals surface area (Å²) < 4.78 is 28.7. The van der Waals surface area contributed by atoms with Crippen LogP contribution in [0.25, 0.3) is 0 Å². The lowest BCUT2D eigenvalue weighted by atomic mass is 10.1. The number of ether oxygens (including phenoxy) is 1. The molecule has 3 N–H and O–H groups in total. The average Bonchev–Trinajstić information content (AvgIpc) is 2.55. The van der Waals surface area contributed by atoms with Crippen molar-refractivity contribution < 1.29 is 17.9 Å². The molecule has 0 aliphatic rings. The number of benzene rings is 2. The van der Waals surface area contributed by atoms with Gasteiger partial charge in [-0.25, -0.2) is 13.6 Å². The molecule has 9 heteroatoms. The van der Waals surface area contributed by atoms with Gasteiger partial charge in [0, 0.05) is 16.7 Å². The highest BCUT2D eigenvalue weighted by atomic mass is 35.5. The SMILES string of the molecule is CC(NC(=O)CCl)c1cc(Cl)ccc1Oc1cccc(S(N)(=O)=O)c1. The van der Waals surface area contributed by atoms with Crippen molar-refractivity contribution in [3.63, 3.8) is 0 Å². The van der Waals surface area contributed by atoms with Gasteiger partial charge in [-0.1, -0.05) is 17.7 Å². The van der Waals surface area contributed by atoms with E-state index < -0.39 is 16.1 Å². The standard InChI is InChI=1S/C16H16Cl2N2O4S/c1-10(20-16(21)9-17)14-7-11(18)5-6-15(14)24-12-3-2-4-13(8-12)25(19,22)23/h2-8,10H,9H2,1H3,(H,20,21)(H2,19,22,23). The topological polar surface area (TPSA) is 98.5 Å². The van der Waals surface area contributed by atoms with E-state index in [9.17, 15) is 13.2 Å². The Morgan fingerprint density at radius 1 is 1.28 bits per heavy atom. The van der Waals surface area contributed by atoms with Gasteiger partial charge in [-0.05, 0) is 37.3 Å². The molecule has 1 amide bonds. The molecule has 25 heavy (non-hydrogen) atoms. The first-order valence-corrected chi connectivity index (χ1v) is 9.62. The number of nitrogens with two attached hydrogens (primary N) is 1. The van der Waals surface area contributed by atoms with Crippen LogP contribution >= 0.6 is 23.2 Å². The van der Waals surface area contributed by atoms with Gasteiger partial charge in [0.05, 0.1) is 10.9 Å². The molecule has 1 atom stereocenters. The van der Waals surface area contributed by atoms with Crippen molar-refractivity contribution >= 4 is 39.1 Å². The third kappa shape index (κ3) is 5.34. The Balaban J connectivity index is 2.35. The number of hydrogen-bond donors (Lipinski definition) is 2. The summed E-state index contributed by atoms with van der Waals surface area (Å²) in [7, 11) is -3.84. The van der Waals surface area contributed by atoms with Crippen LogP contribution < -0.4 is 15.2 Å². The summed E-state index contributed by atoms with van der Waals surface area (Å²) in [6, 6.07) is 10.3. The third-order valence-electron chi connectivity index (χ3n) is 3.30. The number of halogens is 2. The Morgan fingerprint density at radius 2 is 2.00 bits per heavy atom. The summed E-state index contributed by atoms with van der Waals surface area (Å²) in [5, 5.41) is 8.30. The van der Waals surface area contributed by atoms with Gasteiger partial charge in [0.1, 0.15) is 17.4 Å². The quantitative estimate of drug-likeness (QED) is 0.724. The fourth-order valence-corrected chi connectivity index (χ4v) is 2.96. The smallest absolute Gasteiger partial charge is 0.238 e. The summed E-state index contributed by atoms with van der Waals surface area (Å²) in [6.45, 7) is 1.75. The van der Waals surface area contributed by atoms with Gasteiger partial charge in [0.2, 0.25) is 15.9 Å². The number of sulfonamides is 1. The van der Waals surface area contributed by atoms with E-state index in [4.69, 9.17) is 33.1 Å². The maximum atomic E-state index is 11.5. The molecule has 0 radical (unpaired) electrons. The number of carbonyl (C=O) groups is 1. The van der Waals surface area contributed by atoms with E-state index in [-0.39, 0.29) is 22.4 Å². The van der Waals surface area contributed by atoms with Crippen LogP contribution in [0.15, 0.2) is 47.4 Å². The second kappa shape index (κ2) is 8.05. The molecule has 0 saturated carbocycles. The Morgan fingerprint density at radius 3 is 2.64 bits per heavy atom. The number of primary sulfonamides is 1. The largest absolute Gasteiger partial charge is 0.457 e. The zero-order valence-electron chi connectivity index (χ0n) is 13.2. The molecule has 0 saturated heterocycles. The van der Waals surface area contributed by atoms with Crippen LogP contribution in [0.3, 0.4) is 0 Å². The van der Waals surface area contributed by atoms with Crippen LogP contribution in [0.1, 0.15) is 18.5 Å². The predicted octanol–water partition coefficient (Wildman–Crippen LogP) is 3.20. The Bertz CT molecular complexity index is 887. The molecule has 134 valence electrons. The first-order chi connectivity index (χ1) is 11.7. The van der Waals surface area contributed by atoms with E-state index in [2.05, 4.69) is 5.32 Å². The lowest BCUT2D eigenvalue weighted by Crippen LogP contribution is -2.27. The molecule has 0 heterocycles. The molecule has 6 nitrogen and oxygen atoms in total. The van der Waals surface area contributed by atoms with Crippen molar-refractivity contribution in [1.82, 2.24) is 5.32 Å². The summed E-state index contributed by atoms with van der Waals surface area (Å²) in [6.07, 6.45) is 0. The van der Waals surface area contributed by atoms with Crippen molar-refractivity contribution in [3.05, 3.63) is 53.1 Å². The minimum Gasteiger partial charge on any atom is -0.457 e. The number of nitrogens with one attached hydrogen (secondary N) is 1. The average molecular weight is 403 g/mol. The van der Waals surface area contributed by atoms with Crippen LogP contribution in [-0.2, 0) is 14.8 Å². The van der Waals surface area contributed by atoms with Crippen LogP contribution in [0.2, 0.25) is 5.02 Å². The highest BCUT2D eigenvalue weighted by Gasteiger charge is 2.16. The van der Waals surface area contributed by atoms with Gasteiger partial charge in [-0.15, -0.1) is 11.6 Å². The summed E-state index contributed by atoms with van der Waals surface area (Å²) >= 11 is 11.5. The Labute approximate surface area is 155 Å². The maximum absolute atomic E-state index is 11.5. The molecule has 2 aromatic carbocycles. The lowest BCUT2D eigenvalue weighted by Gasteiger charge is -2.18. The van der Waals surface area contributed by atoms with Crippen molar-refractivity contribution in [2.45, 2.75) is 17.9 Å². The molecule has 0 aliphatic heterocycles. The minimum absolute atomic E-state index is 0.0657. The van der Waals surface area contributed by atoms with Gasteiger partial charge in [-0.2, -0.15) is 0 Å². The molecule has 0 bridgehead atoms. The molecule has 1 unspecified atom stereocenters. The number of carbonyl (C=O) groups excluding carboxylic acids is 1. The maximum Gasteiger partial charge on any atom is 0.238 e. The third-order valence-corrected chi connectivity index (χ3v) is 4.69. The first kappa shape index (κ1) is 19.5. The van der Waals surface area contributed by atoms with Crippen molar-refractivity contribution in [2.75, 3.05) is 5.88 Å². The van der Waals surface area contributed by atoms with Crippen LogP contribution in [0, 0.1) is 0 Å². The normalized spacial score (nSPS) is 12.5. The number of rotatable bonds is 6. The highest BCUT2D eigenvalue weighted by molar-refractivity contribution is 7.89. The molecule has 0 fully saturated rings. The van der Waals surface area contributed by atoms with Crippen molar-refractivity contribution in [3.8, 4) is 11.5 Å². The highest BCUT2D eigenvalue weighted by Crippen LogP contribution is 2.32. The van der Waals surface area contributed by atoms with Crippen LogP contribution in [0.5, 0.6) is 11.5 Å². The molecule has 2 aromatic rings. The summed E-state index contributed by atoms with van der Waals surface area (Å²) in [5.41, 5.74) is 0.618. The van der Waals surface area contributed by atoms with E-state index in [0.717, 1.165) is 0 Å². The Hall–Kier alpha value is -1.80. The van der Waals surface area contributed by atoms with Gasteiger partial charge in [0.15, 0.2) is 0 Å². The van der Waals surface area contributed by atoms with Crippen molar-refractivity contribution in [1.29, 1.82) is 0 Å². The molecule has 0 aliphatic carbocycles. The van der Waals surface area contributed by atoms with Gasteiger partial charge < -0.3 is 10.1 Å². The Kier molecular flexibility index (Phi) is 6.29. The molecule has 0 aromatic heterocycles. The first-order valence-electron chi connectivity index (χ1n) is 7.16. The minimum atomic E-state index is -3.84. The fourth-order valence-electron chi connectivity index (χ4n) is 2.15. The molecular formula is C16H16Cl2N2O4S. The zero-order chi connectivity index (χ0) is 18.6. The van der Waals surface area contributed by atoms with Gasteiger partial charge in [-0.3, -0.25) is 4.79 Å². The summed E-state index contributed by atoms with van der Waals surface area (Å²) in [5.74, 6) is 0.193. The van der Waals surface area contributed by atoms with Crippen LogP contribution in [-0.4, -0.2) is 20.2 Å². The molecule has 2 rings (SSSR count). The van der Waals surface area contributed by atoms with E-state index in [1.165, 1.54) is 18.2 Å². The van der Waals surface area contributed by atoms with Gasteiger partial charge >= 0.3 is 0 Å². The number of hydrogen-bond acceptors (Lipinski definition) is 4. The summed E-state index contributed by atoms with van der Waals surface area (Å²) in [4.78, 5) is 11.4. The van der Waals surface area contributed by atoms with E-state index in [1.54, 1.807) is 31.2 Å². The van der Waals surface area contributed by atoms with Gasteiger partial charge in [0.25, 0.3) is 0 Å². The van der Waals surface area contributed by atoms with E-state index >= 15 is 0 Å². The molecular weight excluding hydrogens is 387 g/mol. The second-order valence-corrected chi connectivity index (χ2v) is 7.49. The monoisotopic (exact) mass is 402 g/mol. The van der Waals surface area contributed by atoms with E-state index in [1.807, 2.05) is 0 Å². The molecule has 0 spiro atoms. The fraction of sp³-hybridized carbons (Fsp3) is 0.188. The predicted molar refractivity (Wildman–Crippen MR) is 96.6 cm³/mol. The van der Waals surface area contributed by atoms with Crippen LogP contribution in [0.4, 0.5) is 0 Å². The zero-order valence-corrected chi connectivity index (χ0v) is 15.5. The number of amides is 1.